The number of carboxylic acids is 1. The van der Waals surface area contributed by atoms with Gasteiger partial charge in [0, 0.05) is 12.4 Å². The van der Waals surface area contributed by atoms with E-state index in [4.69, 9.17) is 0 Å². The summed E-state index contributed by atoms with van der Waals surface area (Å²) in [5, 5.41) is 22.7. The zero-order valence-electron chi connectivity index (χ0n) is 19.3. The molecule has 0 saturated heterocycles. The molecule has 1 unspecified atom stereocenters. The normalized spacial score (nSPS) is 44.9. The first-order valence-electron chi connectivity index (χ1n) is 11.8. The van der Waals surface area contributed by atoms with Crippen molar-refractivity contribution in [2.45, 2.75) is 97.0 Å². The first-order chi connectivity index (χ1) is 13.6. The summed E-state index contributed by atoms with van der Waals surface area (Å²) >= 11 is 0. The number of fused-ring (bicyclic) bond motifs is 5. The van der Waals surface area contributed by atoms with Crippen molar-refractivity contribution in [2.75, 3.05) is 0 Å². The molecule has 162 valence electrons. The van der Waals surface area contributed by atoms with E-state index in [9.17, 15) is 19.8 Å². The third-order valence-corrected chi connectivity index (χ3v) is 9.86. The molecule has 0 aromatic rings. The molecular weight excluding hydrogens is 403 g/mol. The molecule has 0 amide bonds. The molecule has 1 N–H and O–H groups in total. The molecule has 7 atom stereocenters. The van der Waals surface area contributed by atoms with Crippen LogP contribution in [-0.2, 0) is 9.59 Å². The smallest absolute Gasteiger partial charge is 0.550 e. The Bertz CT molecular complexity index is 733. The Labute approximate surface area is 224 Å². The zero-order valence-corrected chi connectivity index (χ0v) is 22.5. The average Bonchev–Trinajstić information content (AvgIpc) is 2.93. The fraction of sp³-hybridized carbons (Fsp3) is 0.840. The number of ketones is 1. The number of carboxylic acid groups (broad SMARTS) is 1. The Kier molecular flexibility index (Phi) is 7.55. The van der Waals surface area contributed by atoms with Gasteiger partial charge in [-0.05, 0) is 91.9 Å². The van der Waals surface area contributed by atoms with Crippen LogP contribution in [0.1, 0.15) is 91.4 Å². The monoisotopic (exact) mass is 440 g/mol. The Morgan fingerprint density at radius 3 is 2.57 bits per heavy atom. The minimum absolute atomic E-state index is 0. The number of carbonyl (C=O) groups is 2. The van der Waals surface area contributed by atoms with Gasteiger partial charge >= 0.3 is 51.4 Å². The number of aliphatic hydroxyl groups is 1. The van der Waals surface area contributed by atoms with Gasteiger partial charge in [0.2, 0.25) is 0 Å². The van der Waals surface area contributed by atoms with Crippen molar-refractivity contribution in [1.29, 1.82) is 0 Å². The van der Waals surface area contributed by atoms with E-state index in [2.05, 4.69) is 20.8 Å². The molecule has 0 heterocycles. The summed E-state index contributed by atoms with van der Waals surface area (Å²) in [7, 11) is 0. The van der Waals surface area contributed by atoms with E-state index in [1.165, 1.54) is 12.0 Å². The number of allylic oxidation sites excluding steroid dienone is 1. The maximum absolute atomic E-state index is 12.2. The average molecular weight is 441 g/mol. The first-order valence-corrected chi connectivity index (χ1v) is 11.8. The molecule has 0 spiro atoms. The topological polar surface area (TPSA) is 77.4 Å². The van der Waals surface area contributed by atoms with Crippen molar-refractivity contribution in [1.82, 2.24) is 0 Å². The SMILES string of the molecule is CCCC1CC2=CC(=O)CC[C@]2(C)[C@@H]2CC[C@@]3(C)[C@@H](CC[C@@]3(O)CCC(=O)[O-])[C@H]12.[K+]. The fourth-order valence-electron chi connectivity index (χ4n) is 8.20. The molecule has 0 aromatic heterocycles. The van der Waals surface area contributed by atoms with Crippen LogP contribution in [0.5, 0.6) is 0 Å². The van der Waals surface area contributed by atoms with Crippen molar-refractivity contribution < 1.29 is 71.2 Å². The van der Waals surface area contributed by atoms with Crippen LogP contribution in [0.2, 0.25) is 0 Å². The molecule has 0 bridgehead atoms. The fourth-order valence-corrected chi connectivity index (χ4v) is 8.20. The molecule has 4 aliphatic rings. The number of rotatable bonds is 5. The van der Waals surface area contributed by atoms with Crippen LogP contribution in [0, 0.1) is 34.5 Å². The van der Waals surface area contributed by atoms with Gasteiger partial charge in [0.15, 0.2) is 5.78 Å². The Morgan fingerprint density at radius 1 is 1.20 bits per heavy atom. The molecule has 4 aliphatic carbocycles. The molecule has 4 nitrogen and oxygen atoms in total. The molecule has 0 radical (unpaired) electrons. The molecular formula is C25H37KO4. The third kappa shape index (κ3) is 3.88. The zero-order chi connectivity index (χ0) is 21.0. The van der Waals surface area contributed by atoms with E-state index in [-0.39, 0.29) is 68.6 Å². The molecule has 4 rings (SSSR count). The van der Waals surface area contributed by atoms with E-state index >= 15 is 0 Å². The molecule has 0 aromatic carbocycles. The Hall–Kier alpha value is 0.476. The summed E-state index contributed by atoms with van der Waals surface area (Å²) < 4.78 is 0. The third-order valence-electron chi connectivity index (χ3n) is 9.86. The molecule has 30 heavy (non-hydrogen) atoms. The number of hydrogen-bond acceptors (Lipinski definition) is 4. The maximum Gasteiger partial charge on any atom is 1.00 e. The number of aliphatic carboxylic acids is 1. The van der Waals surface area contributed by atoms with Crippen LogP contribution in [-0.4, -0.2) is 22.5 Å². The van der Waals surface area contributed by atoms with E-state index in [0.717, 1.165) is 38.5 Å². The van der Waals surface area contributed by atoms with Gasteiger partial charge in [0.25, 0.3) is 0 Å². The summed E-state index contributed by atoms with van der Waals surface area (Å²) in [6.07, 6.45) is 10.9. The quantitative estimate of drug-likeness (QED) is 0.642. The number of carbonyl (C=O) groups excluding carboxylic acids is 2. The minimum atomic E-state index is -1.06. The largest absolute Gasteiger partial charge is 1.00 e. The van der Waals surface area contributed by atoms with Gasteiger partial charge in [-0.3, -0.25) is 4.79 Å². The maximum atomic E-state index is 12.2. The first kappa shape index (κ1) is 25.1. The van der Waals surface area contributed by atoms with Crippen molar-refractivity contribution in [3.8, 4) is 0 Å². The van der Waals surface area contributed by atoms with E-state index in [0.29, 0.717) is 48.7 Å². The molecule has 0 aliphatic heterocycles. The summed E-state index contributed by atoms with van der Waals surface area (Å²) in [6, 6.07) is 0. The number of hydrogen-bond donors (Lipinski definition) is 1. The van der Waals surface area contributed by atoms with Crippen molar-refractivity contribution in [2.24, 2.45) is 34.5 Å². The predicted octanol–water partition coefficient (Wildman–Crippen LogP) is 0.810. The summed E-state index contributed by atoms with van der Waals surface area (Å²) in [5.74, 6) is 1.40. The van der Waals surface area contributed by atoms with Crippen LogP contribution in [0.4, 0.5) is 0 Å². The van der Waals surface area contributed by atoms with Gasteiger partial charge < -0.3 is 15.0 Å². The van der Waals surface area contributed by atoms with E-state index in [1.54, 1.807) is 0 Å². The van der Waals surface area contributed by atoms with Crippen LogP contribution in [0.3, 0.4) is 0 Å². The van der Waals surface area contributed by atoms with Gasteiger partial charge in [-0.2, -0.15) is 0 Å². The minimum Gasteiger partial charge on any atom is -0.550 e. The second-order valence-corrected chi connectivity index (χ2v) is 11.0. The van der Waals surface area contributed by atoms with Crippen molar-refractivity contribution in [3.63, 3.8) is 0 Å². The summed E-state index contributed by atoms with van der Waals surface area (Å²) in [4.78, 5) is 23.3. The van der Waals surface area contributed by atoms with Gasteiger partial charge in [-0.15, -0.1) is 0 Å². The van der Waals surface area contributed by atoms with Crippen LogP contribution < -0.4 is 56.5 Å². The van der Waals surface area contributed by atoms with Gasteiger partial charge in [-0.1, -0.05) is 39.2 Å². The second-order valence-electron chi connectivity index (χ2n) is 11.0. The Morgan fingerprint density at radius 2 is 1.90 bits per heavy atom. The molecule has 5 heteroatoms. The van der Waals surface area contributed by atoms with Crippen LogP contribution in [0.25, 0.3) is 0 Å². The van der Waals surface area contributed by atoms with Gasteiger partial charge in [-0.25, -0.2) is 0 Å². The van der Waals surface area contributed by atoms with Gasteiger partial charge in [0.1, 0.15) is 0 Å². The standard InChI is InChI=1S/C25H38O4.K/c1-4-5-16-14-17-15-18(26)6-10-23(17,2)19-7-11-24(3)20(22(16)19)8-12-25(24,29)13-9-21(27)28;/h15-16,19-20,22,29H,4-14H2,1-3H3,(H,27,28);/q;+1/p-1/t16?,19-,20+,22-,23+,24+,25-;/m1./s1. The van der Waals surface area contributed by atoms with Crippen molar-refractivity contribution in [3.05, 3.63) is 11.6 Å². The predicted molar refractivity (Wildman–Crippen MR) is 110 cm³/mol. The van der Waals surface area contributed by atoms with Crippen molar-refractivity contribution >= 4 is 11.8 Å². The van der Waals surface area contributed by atoms with Crippen LogP contribution >= 0.6 is 0 Å². The Balaban J connectivity index is 0.00000256. The van der Waals surface area contributed by atoms with E-state index < -0.39 is 11.6 Å². The van der Waals surface area contributed by atoms with Crippen LogP contribution in [0.15, 0.2) is 11.6 Å². The molecule has 3 fully saturated rings. The summed E-state index contributed by atoms with van der Waals surface area (Å²) in [6.45, 7) is 6.87. The molecule has 3 saturated carbocycles. The summed E-state index contributed by atoms with van der Waals surface area (Å²) in [5.41, 5.74) is 0.411. The van der Waals surface area contributed by atoms with E-state index in [1.807, 2.05) is 6.08 Å². The van der Waals surface area contributed by atoms with Gasteiger partial charge in [0.05, 0.1) is 5.60 Å². The second kappa shape index (κ2) is 9.02.